The van der Waals surface area contributed by atoms with Gasteiger partial charge in [0.2, 0.25) is 17.6 Å². The van der Waals surface area contributed by atoms with Crippen LogP contribution in [0.5, 0.6) is 0 Å². The van der Waals surface area contributed by atoms with E-state index in [0.29, 0.717) is 34.4 Å². The van der Waals surface area contributed by atoms with Crippen molar-refractivity contribution in [1.82, 2.24) is 10.1 Å². The van der Waals surface area contributed by atoms with E-state index in [-0.39, 0.29) is 18.1 Å². The van der Waals surface area contributed by atoms with Crippen LogP contribution in [0.25, 0.3) is 11.4 Å². The summed E-state index contributed by atoms with van der Waals surface area (Å²) in [6.45, 7) is 0. The predicted octanol–water partition coefficient (Wildman–Crippen LogP) is 4.10. The number of benzene rings is 2. The van der Waals surface area contributed by atoms with Crippen molar-refractivity contribution in [1.29, 1.82) is 0 Å². The maximum absolute atomic E-state index is 12.9. The van der Waals surface area contributed by atoms with E-state index in [1.807, 2.05) is 0 Å². The highest BCUT2D eigenvalue weighted by molar-refractivity contribution is 6.30. The fourth-order valence-electron chi connectivity index (χ4n) is 2.05. The van der Waals surface area contributed by atoms with Gasteiger partial charge in [-0.3, -0.25) is 4.79 Å². The monoisotopic (exact) mass is 345 g/mol. The van der Waals surface area contributed by atoms with Crippen LogP contribution in [-0.2, 0) is 11.2 Å². The molecule has 7 heteroatoms. The van der Waals surface area contributed by atoms with Gasteiger partial charge in [-0.05, 0) is 48.5 Å². The molecule has 2 aromatic carbocycles. The molecule has 0 aliphatic rings. The Morgan fingerprint density at radius 1 is 1.12 bits per heavy atom. The number of anilines is 1. The number of amides is 1. The van der Waals surface area contributed by atoms with Crippen molar-refractivity contribution in [3.8, 4) is 11.4 Å². The highest BCUT2D eigenvalue weighted by Gasteiger charge is 2.11. The van der Waals surface area contributed by atoms with Crippen LogP contribution in [-0.4, -0.2) is 16.0 Å². The molecule has 0 aliphatic heterocycles. The summed E-state index contributed by atoms with van der Waals surface area (Å²) < 4.78 is 18.0. The Hall–Kier alpha value is -2.73. The average Bonchev–Trinajstić information content (AvgIpc) is 3.05. The molecule has 0 radical (unpaired) electrons. The quantitative estimate of drug-likeness (QED) is 0.756. The molecule has 0 unspecified atom stereocenters. The van der Waals surface area contributed by atoms with Crippen LogP contribution in [0.3, 0.4) is 0 Å². The SMILES string of the molecule is O=C(CCc1nc(-c2ccc(F)cc2)no1)Nc1ccc(Cl)cc1. The fourth-order valence-corrected chi connectivity index (χ4v) is 2.18. The molecular formula is C17H13ClFN3O2. The summed E-state index contributed by atoms with van der Waals surface area (Å²) in [6.07, 6.45) is 0.515. The van der Waals surface area contributed by atoms with Gasteiger partial charge in [0.1, 0.15) is 5.82 Å². The summed E-state index contributed by atoms with van der Waals surface area (Å²) in [5, 5.41) is 7.19. The largest absolute Gasteiger partial charge is 0.339 e. The van der Waals surface area contributed by atoms with Gasteiger partial charge >= 0.3 is 0 Å². The van der Waals surface area contributed by atoms with E-state index in [1.165, 1.54) is 12.1 Å². The van der Waals surface area contributed by atoms with E-state index >= 15 is 0 Å². The first-order chi connectivity index (χ1) is 11.6. The molecule has 24 heavy (non-hydrogen) atoms. The van der Waals surface area contributed by atoms with Crippen molar-refractivity contribution in [2.24, 2.45) is 0 Å². The molecular weight excluding hydrogens is 333 g/mol. The lowest BCUT2D eigenvalue weighted by Crippen LogP contribution is -2.12. The number of rotatable bonds is 5. The minimum atomic E-state index is -0.332. The molecule has 0 saturated carbocycles. The zero-order chi connectivity index (χ0) is 16.9. The van der Waals surface area contributed by atoms with Crippen molar-refractivity contribution < 1.29 is 13.7 Å². The van der Waals surface area contributed by atoms with Crippen molar-refractivity contribution >= 4 is 23.2 Å². The van der Waals surface area contributed by atoms with Crippen molar-refractivity contribution in [3.63, 3.8) is 0 Å². The van der Waals surface area contributed by atoms with Gasteiger partial charge in [-0.1, -0.05) is 16.8 Å². The van der Waals surface area contributed by atoms with Gasteiger partial charge in [-0.15, -0.1) is 0 Å². The van der Waals surface area contributed by atoms with Crippen LogP contribution in [0.15, 0.2) is 53.1 Å². The van der Waals surface area contributed by atoms with E-state index in [9.17, 15) is 9.18 Å². The number of carbonyl (C=O) groups is 1. The van der Waals surface area contributed by atoms with E-state index in [1.54, 1.807) is 36.4 Å². The zero-order valence-electron chi connectivity index (χ0n) is 12.5. The summed E-state index contributed by atoms with van der Waals surface area (Å²) in [6, 6.07) is 12.6. The van der Waals surface area contributed by atoms with Gasteiger partial charge in [0.05, 0.1) is 0 Å². The van der Waals surface area contributed by atoms with Gasteiger partial charge in [0.15, 0.2) is 0 Å². The van der Waals surface area contributed by atoms with Crippen molar-refractivity contribution in [3.05, 3.63) is 65.3 Å². The van der Waals surface area contributed by atoms with Crippen molar-refractivity contribution in [2.75, 3.05) is 5.32 Å². The smallest absolute Gasteiger partial charge is 0.227 e. The van der Waals surface area contributed by atoms with Gasteiger partial charge in [0, 0.05) is 29.1 Å². The number of aryl methyl sites for hydroxylation is 1. The van der Waals surface area contributed by atoms with Gasteiger partial charge in [-0.2, -0.15) is 4.98 Å². The van der Waals surface area contributed by atoms with E-state index < -0.39 is 0 Å². The molecule has 122 valence electrons. The second-order valence-electron chi connectivity index (χ2n) is 5.07. The molecule has 3 rings (SSSR count). The number of halogens is 2. The van der Waals surface area contributed by atoms with Crippen LogP contribution in [0.4, 0.5) is 10.1 Å². The predicted molar refractivity (Wildman–Crippen MR) is 88.1 cm³/mol. The van der Waals surface area contributed by atoms with Gasteiger partial charge in [-0.25, -0.2) is 4.39 Å². The Balaban J connectivity index is 1.56. The first-order valence-electron chi connectivity index (χ1n) is 7.24. The normalized spacial score (nSPS) is 10.6. The summed E-state index contributed by atoms with van der Waals surface area (Å²) in [7, 11) is 0. The van der Waals surface area contributed by atoms with Gasteiger partial charge in [0.25, 0.3) is 0 Å². The average molecular weight is 346 g/mol. The number of nitrogens with one attached hydrogen (secondary N) is 1. The zero-order valence-corrected chi connectivity index (χ0v) is 13.3. The molecule has 1 N–H and O–H groups in total. The lowest BCUT2D eigenvalue weighted by molar-refractivity contribution is -0.116. The Labute approximate surface area is 142 Å². The van der Waals surface area contributed by atoms with E-state index in [4.69, 9.17) is 16.1 Å². The summed E-state index contributed by atoms with van der Waals surface area (Å²) in [4.78, 5) is 16.1. The Bertz CT molecular complexity index is 832. The lowest BCUT2D eigenvalue weighted by Gasteiger charge is -2.03. The van der Waals surface area contributed by atoms with Crippen LogP contribution >= 0.6 is 11.6 Å². The first kappa shape index (κ1) is 16.1. The summed E-state index contributed by atoms with van der Waals surface area (Å²) in [5.41, 5.74) is 1.32. The Kier molecular flexibility index (Phi) is 4.86. The fraction of sp³-hybridized carbons (Fsp3) is 0.118. The Morgan fingerprint density at radius 2 is 1.83 bits per heavy atom. The first-order valence-corrected chi connectivity index (χ1v) is 7.62. The molecule has 1 aromatic heterocycles. The topological polar surface area (TPSA) is 68.0 Å². The van der Waals surface area contributed by atoms with Crippen molar-refractivity contribution in [2.45, 2.75) is 12.8 Å². The third-order valence-corrected chi connectivity index (χ3v) is 3.52. The molecule has 0 fully saturated rings. The highest BCUT2D eigenvalue weighted by Crippen LogP contribution is 2.17. The second-order valence-corrected chi connectivity index (χ2v) is 5.51. The molecule has 0 saturated heterocycles. The number of nitrogens with zero attached hydrogens (tertiary/aromatic N) is 2. The minimum absolute atomic E-state index is 0.168. The minimum Gasteiger partial charge on any atom is -0.339 e. The molecule has 3 aromatic rings. The number of hydrogen-bond acceptors (Lipinski definition) is 4. The van der Waals surface area contributed by atoms with Crippen LogP contribution < -0.4 is 5.32 Å². The van der Waals surface area contributed by atoms with Crippen LogP contribution in [0.1, 0.15) is 12.3 Å². The summed E-state index contributed by atoms with van der Waals surface area (Å²) in [5.74, 6) is 0.212. The second kappa shape index (κ2) is 7.23. The molecule has 1 amide bonds. The maximum atomic E-state index is 12.9. The highest BCUT2D eigenvalue weighted by atomic mass is 35.5. The van der Waals surface area contributed by atoms with Crippen LogP contribution in [0, 0.1) is 5.82 Å². The molecule has 1 heterocycles. The lowest BCUT2D eigenvalue weighted by atomic mass is 10.2. The number of carbonyl (C=O) groups excluding carboxylic acids is 1. The molecule has 0 aliphatic carbocycles. The molecule has 0 spiro atoms. The van der Waals surface area contributed by atoms with Crippen LogP contribution in [0.2, 0.25) is 5.02 Å². The van der Waals surface area contributed by atoms with E-state index in [2.05, 4.69) is 15.5 Å². The third-order valence-electron chi connectivity index (χ3n) is 3.26. The maximum Gasteiger partial charge on any atom is 0.227 e. The molecule has 5 nitrogen and oxygen atoms in total. The number of hydrogen-bond donors (Lipinski definition) is 1. The molecule has 0 bridgehead atoms. The van der Waals surface area contributed by atoms with Gasteiger partial charge < -0.3 is 9.84 Å². The standard InChI is InChI=1S/C17H13ClFN3O2/c18-12-3-7-14(8-4-12)20-15(23)9-10-16-21-17(22-24-16)11-1-5-13(19)6-2-11/h1-8H,9-10H2,(H,20,23). The third kappa shape index (κ3) is 4.17. The Morgan fingerprint density at radius 3 is 2.54 bits per heavy atom. The molecule has 0 atom stereocenters. The number of aromatic nitrogens is 2. The summed E-state index contributed by atoms with van der Waals surface area (Å²) >= 11 is 5.79. The van der Waals surface area contributed by atoms with E-state index in [0.717, 1.165) is 0 Å².